The van der Waals surface area contributed by atoms with E-state index in [1.54, 1.807) is 23.1 Å². The SMILES string of the molecule is C=C/C=C(\C(N)=C/C)N1Cc2ccccc2C1=O. The van der Waals surface area contributed by atoms with E-state index < -0.39 is 0 Å². The molecule has 0 fully saturated rings. The molecule has 3 nitrogen and oxygen atoms in total. The molecule has 2 N–H and O–H groups in total. The van der Waals surface area contributed by atoms with Crippen molar-refractivity contribution in [1.82, 2.24) is 4.90 Å². The minimum absolute atomic E-state index is 0.0106. The number of nitrogens with two attached hydrogens (primary N) is 1. The fourth-order valence-corrected chi connectivity index (χ4v) is 2.05. The van der Waals surface area contributed by atoms with Crippen LogP contribution in [0.2, 0.25) is 0 Å². The van der Waals surface area contributed by atoms with E-state index >= 15 is 0 Å². The first kappa shape index (κ1) is 12.2. The van der Waals surface area contributed by atoms with Crippen molar-refractivity contribution in [2.45, 2.75) is 13.5 Å². The topological polar surface area (TPSA) is 46.3 Å². The van der Waals surface area contributed by atoms with Crippen LogP contribution in [0.1, 0.15) is 22.8 Å². The zero-order valence-corrected chi connectivity index (χ0v) is 10.4. The Morgan fingerprint density at radius 1 is 1.44 bits per heavy atom. The van der Waals surface area contributed by atoms with Gasteiger partial charge in [-0.2, -0.15) is 0 Å². The average Bonchev–Trinajstić information content (AvgIpc) is 2.73. The van der Waals surface area contributed by atoms with Crippen LogP contribution in [0.5, 0.6) is 0 Å². The summed E-state index contributed by atoms with van der Waals surface area (Å²) in [6.07, 6.45) is 5.19. The van der Waals surface area contributed by atoms with Gasteiger partial charge in [0.1, 0.15) is 0 Å². The van der Waals surface area contributed by atoms with Crippen LogP contribution < -0.4 is 5.73 Å². The second-order valence-corrected chi connectivity index (χ2v) is 4.08. The molecule has 3 heteroatoms. The molecule has 18 heavy (non-hydrogen) atoms. The second-order valence-electron chi connectivity index (χ2n) is 4.08. The summed E-state index contributed by atoms with van der Waals surface area (Å²) in [5.74, 6) is -0.0106. The normalized spacial score (nSPS) is 15.8. The number of benzene rings is 1. The highest BCUT2D eigenvalue weighted by molar-refractivity contribution is 5.99. The molecule has 0 aliphatic carbocycles. The van der Waals surface area contributed by atoms with Gasteiger partial charge in [0.05, 0.1) is 17.9 Å². The van der Waals surface area contributed by atoms with Gasteiger partial charge in [0.15, 0.2) is 0 Å². The molecule has 0 aromatic heterocycles. The number of fused-ring (bicyclic) bond motifs is 1. The predicted molar refractivity (Wildman–Crippen MR) is 72.5 cm³/mol. The zero-order valence-electron chi connectivity index (χ0n) is 10.4. The molecule has 1 aromatic rings. The summed E-state index contributed by atoms with van der Waals surface area (Å²) in [6.45, 7) is 6.07. The molecule has 1 amide bonds. The van der Waals surface area contributed by atoms with E-state index in [2.05, 4.69) is 6.58 Å². The lowest BCUT2D eigenvalue weighted by Crippen LogP contribution is -2.26. The number of nitrogens with zero attached hydrogens (tertiary/aromatic N) is 1. The first-order valence-electron chi connectivity index (χ1n) is 5.83. The molecular weight excluding hydrogens is 224 g/mol. The minimum atomic E-state index is -0.0106. The Kier molecular flexibility index (Phi) is 3.33. The molecule has 0 unspecified atom stereocenters. The fraction of sp³-hybridized carbons (Fsp3) is 0.133. The minimum Gasteiger partial charge on any atom is -0.397 e. The highest BCUT2D eigenvalue weighted by atomic mass is 16.2. The standard InChI is InChI=1S/C15H16N2O/c1-3-7-14(13(16)4-2)17-10-11-8-5-6-9-12(11)15(17)18/h3-9H,1,10,16H2,2H3/b13-4+,14-7+. The van der Waals surface area contributed by atoms with Crippen molar-refractivity contribution in [3.8, 4) is 0 Å². The van der Waals surface area contributed by atoms with Crippen LogP contribution in [0.3, 0.4) is 0 Å². The fourth-order valence-electron chi connectivity index (χ4n) is 2.05. The third kappa shape index (κ3) is 1.95. The summed E-state index contributed by atoms with van der Waals surface area (Å²) in [4.78, 5) is 14.0. The quantitative estimate of drug-likeness (QED) is 0.825. The summed E-state index contributed by atoms with van der Waals surface area (Å²) in [7, 11) is 0. The largest absolute Gasteiger partial charge is 0.397 e. The van der Waals surface area contributed by atoms with Gasteiger partial charge in [0, 0.05) is 5.56 Å². The van der Waals surface area contributed by atoms with Gasteiger partial charge in [-0.3, -0.25) is 4.79 Å². The van der Waals surface area contributed by atoms with Crippen molar-refractivity contribution in [2.75, 3.05) is 0 Å². The van der Waals surface area contributed by atoms with Gasteiger partial charge >= 0.3 is 0 Å². The van der Waals surface area contributed by atoms with E-state index in [1.807, 2.05) is 31.2 Å². The van der Waals surface area contributed by atoms with Crippen LogP contribution in [-0.2, 0) is 6.54 Å². The van der Waals surface area contributed by atoms with Crippen LogP contribution in [-0.4, -0.2) is 10.8 Å². The van der Waals surface area contributed by atoms with Crippen LogP contribution in [0.25, 0.3) is 0 Å². The number of hydrogen-bond donors (Lipinski definition) is 1. The Bertz CT molecular complexity index is 555. The van der Waals surface area contributed by atoms with Crippen molar-refractivity contribution in [2.24, 2.45) is 5.73 Å². The van der Waals surface area contributed by atoms with E-state index in [0.29, 0.717) is 17.9 Å². The Hall–Kier alpha value is -2.29. The van der Waals surface area contributed by atoms with Gasteiger partial charge in [-0.15, -0.1) is 0 Å². The molecule has 2 rings (SSSR count). The molecule has 1 aliphatic heterocycles. The summed E-state index contributed by atoms with van der Waals surface area (Å²) in [5, 5.41) is 0. The van der Waals surface area contributed by atoms with E-state index in [4.69, 9.17) is 5.73 Å². The number of carbonyl (C=O) groups is 1. The Labute approximate surface area is 107 Å². The van der Waals surface area contributed by atoms with Crippen molar-refractivity contribution < 1.29 is 4.79 Å². The van der Waals surface area contributed by atoms with Crippen LogP contribution in [0.15, 0.2) is 60.5 Å². The van der Waals surface area contributed by atoms with E-state index in [-0.39, 0.29) is 5.91 Å². The molecule has 0 radical (unpaired) electrons. The van der Waals surface area contributed by atoms with Crippen LogP contribution in [0.4, 0.5) is 0 Å². The Morgan fingerprint density at radius 2 is 2.17 bits per heavy atom. The highest BCUT2D eigenvalue weighted by Crippen LogP contribution is 2.27. The van der Waals surface area contributed by atoms with Gasteiger partial charge in [0.25, 0.3) is 5.91 Å². The molecule has 0 spiro atoms. The molecule has 0 atom stereocenters. The Morgan fingerprint density at radius 3 is 2.78 bits per heavy atom. The highest BCUT2D eigenvalue weighted by Gasteiger charge is 2.29. The van der Waals surface area contributed by atoms with Crippen LogP contribution >= 0.6 is 0 Å². The summed E-state index contributed by atoms with van der Waals surface area (Å²) in [6, 6.07) is 7.61. The molecule has 1 heterocycles. The third-order valence-corrected chi connectivity index (χ3v) is 2.99. The average molecular weight is 240 g/mol. The molecular formula is C15H16N2O. The molecule has 1 aromatic carbocycles. The van der Waals surface area contributed by atoms with Crippen LogP contribution in [0, 0.1) is 0 Å². The van der Waals surface area contributed by atoms with Crippen molar-refractivity contribution in [1.29, 1.82) is 0 Å². The number of carbonyl (C=O) groups excluding carboxylic acids is 1. The van der Waals surface area contributed by atoms with Crippen molar-refractivity contribution >= 4 is 5.91 Å². The first-order valence-corrected chi connectivity index (χ1v) is 5.83. The lowest BCUT2D eigenvalue weighted by atomic mass is 10.1. The third-order valence-electron chi connectivity index (χ3n) is 2.99. The maximum Gasteiger partial charge on any atom is 0.258 e. The molecule has 0 saturated heterocycles. The maximum atomic E-state index is 12.3. The maximum absolute atomic E-state index is 12.3. The summed E-state index contributed by atoms with van der Waals surface area (Å²) in [5.41, 5.74) is 8.99. The first-order chi connectivity index (χ1) is 8.69. The molecule has 92 valence electrons. The monoisotopic (exact) mass is 240 g/mol. The van der Waals surface area contributed by atoms with Gasteiger partial charge in [-0.1, -0.05) is 36.9 Å². The van der Waals surface area contributed by atoms with Gasteiger partial charge in [-0.05, 0) is 24.6 Å². The molecule has 0 bridgehead atoms. The van der Waals surface area contributed by atoms with Gasteiger partial charge in [-0.25, -0.2) is 0 Å². The lowest BCUT2D eigenvalue weighted by molar-refractivity contribution is 0.0829. The van der Waals surface area contributed by atoms with E-state index in [0.717, 1.165) is 11.1 Å². The summed E-state index contributed by atoms with van der Waals surface area (Å²) >= 11 is 0. The molecule has 0 saturated carbocycles. The number of amides is 1. The zero-order chi connectivity index (χ0) is 13.1. The van der Waals surface area contributed by atoms with E-state index in [9.17, 15) is 4.79 Å². The molecule has 1 aliphatic rings. The number of allylic oxidation sites excluding steroid dienone is 3. The smallest absolute Gasteiger partial charge is 0.258 e. The van der Waals surface area contributed by atoms with Gasteiger partial charge < -0.3 is 10.6 Å². The number of hydrogen-bond acceptors (Lipinski definition) is 2. The van der Waals surface area contributed by atoms with E-state index in [1.165, 1.54) is 0 Å². The van der Waals surface area contributed by atoms with Crippen molar-refractivity contribution in [3.63, 3.8) is 0 Å². The second kappa shape index (κ2) is 4.92. The Balaban J connectivity index is 2.41. The number of rotatable bonds is 3. The predicted octanol–water partition coefficient (Wildman–Crippen LogP) is 2.57. The lowest BCUT2D eigenvalue weighted by Gasteiger charge is -2.19. The summed E-state index contributed by atoms with van der Waals surface area (Å²) < 4.78 is 0. The van der Waals surface area contributed by atoms with Crippen molar-refractivity contribution in [3.05, 3.63) is 71.6 Å². The van der Waals surface area contributed by atoms with Gasteiger partial charge in [0.2, 0.25) is 0 Å².